The topological polar surface area (TPSA) is 63.8 Å². The molecular formula is C19H16N2O3S. The Morgan fingerprint density at radius 3 is 2.80 bits per heavy atom. The lowest BCUT2D eigenvalue weighted by Gasteiger charge is -2.03. The number of phenols is 1. The minimum Gasteiger partial charge on any atom is -0.504 e. The molecule has 126 valence electrons. The fraction of sp³-hybridized carbons (Fsp3) is 0.158. The van der Waals surface area contributed by atoms with Crippen LogP contribution in [0.25, 0.3) is 22.1 Å². The smallest absolute Gasteiger partial charge is 0.274 e. The maximum absolute atomic E-state index is 12.9. The molecule has 2 aromatic carbocycles. The van der Waals surface area contributed by atoms with Crippen molar-refractivity contribution in [3.05, 3.63) is 61.9 Å². The zero-order chi connectivity index (χ0) is 17.7. The van der Waals surface area contributed by atoms with Gasteiger partial charge in [0.1, 0.15) is 0 Å². The lowest BCUT2D eigenvalue weighted by Crippen LogP contribution is -2.22. The van der Waals surface area contributed by atoms with Crippen molar-refractivity contribution >= 4 is 33.4 Å². The summed E-state index contributed by atoms with van der Waals surface area (Å²) in [5.74, 6) is 0.444. The number of rotatable bonds is 2. The second-order valence-electron chi connectivity index (χ2n) is 6.03. The SMILES string of the molecule is COc1cc(/C=c2\sc3nc4c(C)cc(C)cc4n3c2=O)ccc1O. The van der Waals surface area contributed by atoms with Gasteiger partial charge < -0.3 is 9.84 Å². The summed E-state index contributed by atoms with van der Waals surface area (Å²) in [6.45, 7) is 4.02. The Hall–Kier alpha value is -2.86. The summed E-state index contributed by atoms with van der Waals surface area (Å²) < 4.78 is 7.38. The Bertz CT molecular complexity index is 1240. The van der Waals surface area contributed by atoms with Crippen molar-refractivity contribution in [2.45, 2.75) is 13.8 Å². The van der Waals surface area contributed by atoms with Crippen molar-refractivity contribution in [2.24, 2.45) is 0 Å². The molecule has 0 unspecified atom stereocenters. The predicted octanol–water partition coefficient (Wildman–Crippen LogP) is 2.79. The molecule has 0 atom stereocenters. The summed E-state index contributed by atoms with van der Waals surface area (Å²) in [6.07, 6.45) is 1.79. The van der Waals surface area contributed by atoms with Crippen LogP contribution < -0.4 is 14.8 Å². The summed E-state index contributed by atoms with van der Waals surface area (Å²) in [5, 5.41) is 9.70. The highest BCUT2D eigenvalue weighted by Crippen LogP contribution is 2.26. The number of ether oxygens (including phenoxy) is 1. The molecule has 5 nitrogen and oxygen atoms in total. The monoisotopic (exact) mass is 352 g/mol. The number of nitrogens with zero attached hydrogens (tertiary/aromatic N) is 2. The van der Waals surface area contributed by atoms with Gasteiger partial charge in [-0.2, -0.15) is 0 Å². The summed E-state index contributed by atoms with van der Waals surface area (Å²) in [7, 11) is 1.49. The minimum absolute atomic E-state index is 0.0694. The van der Waals surface area contributed by atoms with Crippen LogP contribution in [0.3, 0.4) is 0 Å². The van der Waals surface area contributed by atoms with E-state index in [2.05, 4.69) is 11.1 Å². The van der Waals surface area contributed by atoms with E-state index in [0.29, 0.717) is 15.2 Å². The third-order valence-electron chi connectivity index (χ3n) is 4.18. The van der Waals surface area contributed by atoms with Gasteiger partial charge in [-0.25, -0.2) is 9.38 Å². The van der Waals surface area contributed by atoms with Crippen LogP contribution in [0.2, 0.25) is 0 Å². The molecule has 0 aliphatic rings. The molecule has 25 heavy (non-hydrogen) atoms. The Kier molecular flexibility index (Phi) is 3.51. The standard InChI is InChI=1S/C19H16N2O3S/c1-10-6-11(2)17-13(7-10)21-18(23)16(25-19(21)20-17)9-12-4-5-14(22)15(8-12)24-3/h4-9,22H,1-3H3/b16-9-. The fourth-order valence-corrected chi connectivity index (χ4v) is 4.03. The lowest BCUT2D eigenvalue weighted by molar-refractivity contribution is 0.373. The molecule has 0 saturated carbocycles. The Morgan fingerprint density at radius 1 is 1.24 bits per heavy atom. The van der Waals surface area contributed by atoms with Crippen LogP contribution in [0, 0.1) is 13.8 Å². The van der Waals surface area contributed by atoms with E-state index in [1.165, 1.54) is 18.4 Å². The number of imidazole rings is 1. The Morgan fingerprint density at radius 2 is 2.04 bits per heavy atom. The van der Waals surface area contributed by atoms with Gasteiger partial charge in [0.05, 0.1) is 22.7 Å². The van der Waals surface area contributed by atoms with Crippen molar-refractivity contribution < 1.29 is 9.84 Å². The van der Waals surface area contributed by atoms with E-state index in [0.717, 1.165) is 27.7 Å². The van der Waals surface area contributed by atoms with Gasteiger partial charge in [0, 0.05) is 0 Å². The molecule has 4 aromatic rings. The number of phenolic OH excluding ortho intramolecular Hbond substituents is 1. The van der Waals surface area contributed by atoms with Gasteiger partial charge >= 0.3 is 0 Å². The molecule has 2 aromatic heterocycles. The summed E-state index contributed by atoms with van der Waals surface area (Å²) in [6, 6.07) is 9.05. The third kappa shape index (κ3) is 2.46. The highest BCUT2D eigenvalue weighted by atomic mass is 32.1. The number of aromatic nitrogens is 2. The van der Waals surface area contributed by atoms with Gasteiger partial charge in [0.25, 0.3) is 5.56 Å². The van der Waals surface area contributed by atoms with E-state index in [1.807, 2.05) is 19.9 Å². The second kappa shape index (κ2) is 5.60. The molecule has 1 N–H and O–H groups in total. The Labute approximate surface area is 147 Å². The van der Waals surface area contributed by atoms with Crippen molar-refractivity contribution in [3.8, 4) is 11.5 Å². The van der Waals surface area contributed by atoms with E-state index in [-0.39, 0.29) is 11.3 Å². The molecule has 4 rings (SSSR count). The molecule has 0 fully saturated rings. The Balaban J connectivity index is 1.98. The van der Waals surface area contributed by atoms with Crippen molar-refractivity contribution in [1.82, 2.24) is 9.38 Å². The van der Waals surface area contributed by atoms with Gasteiger partial charge in [-0.15, -0.1) is 0 Å². The van der Waals surface area contributed by atoms with E-state index in [4.69, 9.17) is 4.74 Å². The molecule has 0 bridgehead atoms. The lowest BCUT2D eigenvalue weighted by atomic mass is 10.1. The minimum atomic E-state index is -0.0838. The third-order valence-corrected chi connectivity index (χ3v) is 5.15. The van der Waals surface area contributed by atoms with Crippen LogP contribution in [0.15, 0.2) is 35.1 Å². The fourth-order valence-electron chi connectivity index (χ4n) is 3.05. The normalized spacial score (nSPS) is 12.4. The van der Waals surface area contributed by atoms with Crippen molar-refractivity contribution in [2.75, 3.05) is 7.11 Å². The van der Waals surface area contributed by atoms with E-state index < -0.39 is 0 Å². The number of aromatic hydroxyl groups is 1. The number of hydrogen-bond acceptors (Lipinski definition) is 5. The zero-order valence-electron chi connectivity index (χ0n) is 14.0. The van der Waals surface area contributed by atoms with Gasteiger partial charge in [-0.3, -0.25) is 4.79 Å². The maximum Gasteiger partial charge on any atom is 0.274 e. The quantitative estimate of drug-likeness (QED) is 0.602. The largest absolute Gasteiger partial charge is 0.504 e. The average molecular weight is 352 g/mol. The first-order valence-corrected chi connectivity index (χ1v) is 8.60. The first-order chi connectivity index (χ1) is 12.0. The molecule has 0 amide bonds. The summed E-state index contributed by atoms with van der Waals surface area (Å²) >= 11 is 1.36. The second-order valence-corrected chi connectivity index (χ2v) is 7.04. The molecule has 0 aliphatic carbocycles. The van der Waals surface area contributed by atoms with Crippen LogP contribution >= 0.6 is 11.3 Å². The van der Waals surface area contributed by atoms with E-state index >= 15 is 0 Å². The number of thiazole rings is 1. The van der Waals surface area contributed by atoms with Crippen LogP contribution in [-0.4, -0.2) is 21.6 Å². The summed E-state index contributed by atoms with van der Waals surface area (Å²) in [4.78, 5) is 18.2. The molecular weight excluding hydrogens is 336 g/mol. The van der Waals surface area contributed by atoms with Gasteiger partial charge in [0.15, 0.2) is 16.5 Å². The number of benzene rings is 2. The van der Waals surface area contributed by atoms with Crippen LogP contribution in [0.4, 0.5) is 0 Å². The first-order valence-electron chi connectivity index (χ1n) is 7.79. The van der Waals surface area contributed by atoms with Gasteiger partial charge in [-0.1, -0.05) is 23.5 Å². The van der Waals surface area contributed by atoms with Crippen LogP contribution in [0.1, 0.15) is 16.7 Å². The van der Waals surface area contributed by atoms with E-state index in [1.54, 1.807) is 28.7 Å². The maximum atomic E-state index is 12.9. The van der Waals surface area contributed by atoms with Crippen LogP contribution in [-0.2, 0) is 0 Å². The summed E-state index contributed by atoms with van der Waals surface area (Å²) in [5.41, 5.74) is 4.58. The molecule has 6 heteroatoms. The molecule has 0 spiro atoms. The zero-order valence-corrected chi connectivity index (χ0v) is 14.8. The number of methoxy groups -OCH3 is 1. The van der Waals surface area contributed by atoms with Crippen LogP contribution in [0.5, 0.6) is 11.5 Å². The van der Waals surface area contributed by atoms with Gasteiger partial charge in [-0.05, 0) is 54.8 Å². The number of fused-ring (bicyclic) bond motifs is 3. The molecule has 0 saturated heterocycles. The van der Waals surface area contributed by atoms with Crippen molar-refractivity contribution in [3.63, 3.8) is 0 Å². The average Bonchev–Trinajstić information content (AvgIpc) is 3.07. The number of aryl methyl sites for hydroxylation is 2. The molecule has 0 aliphatic heterocycles. The molecule has 2 heterocycles. The van der Waals surface area contributed by atoms with Gasteiger partial charge in [0.2, 0.25) is 0 Å². The number of hydrogen-bond donors (Lipinski definition) is 1. The highest BCUT2D eigenvalue weighted by molar-refractivity contribution is 7.15. The van der Waals surface area contributed by atoms with E-state index in [9.17, 15) is 9.90 Å². The highest BCUT2D eigenvalue weighted by Gasteiger charge is 2.13. The van der Waals surface area contributed by atoms with Crippen molar-refractivity contribution in [1.29, 1.82) is 0 Å². The predicted molar refractivity (Wildman–Crippen MR) is 99.8 cm³/mol. The molecule has 0 radical (unpaired) electrons. The first kappa shape index (κ1) is 15.7.